The van der Waals surface area contributed by atoms with Gasteiger partial charge in [0.1, 0.15) is 0 Å². The Morgan fingerprint density at radius 2 is 2.08 bits per heavy atom. The molecule has 0 radical (unpaired) electrons. The lowest BCUT2D eigenvalue weighted by Crippen LogP contribution is -2.32. The zero-order valence-corrected chi connectivity index (χ0v) is 16.6. The van der Waals surface area contributed by atoms with E-state index in [1.807, 2.05) is 14.1 Å². The molecule has 0 fully saturated rings. The minimum atomic E-state index is 0.111. The highest BCUT2D eigenvalue weighted by atomic mass is 16.1. The first-order valence-corrected chi connectivity index (χ1v) is 9.42. The number of likely N-dealkylation sites (N-methyl/N-ethyl adjacent to an activating group) is 1. The second kappa shape index (κ2) is 8.81. The van der Waals surface area contributed by atoms with E-state index in [9.17, 15) is 4.79 Å². The second-order valence-electron chi connectivity index (χ2n) is 8.63. The van der Waals surface area contributed by atoms with Crippen LogP contribution in [0.25, 0.3) is 0 Å². The van der Waals surface area contributed by atoms with Crippen molar-refractivity contribution in [1.82, 2.24) is 24.9 Å². The maximum absolute atomic E-state index is 11.9. The Labute approximate surface area is 152 Å². The quantitative estimate of drug-likeness (QED) is 0.815. The van der Waals surface area contributed by atoms with Gasteiger partial charge in [0.25, 0.3) is 0 Å². The molecule has 6 nitrogen and oxygen atoms in total. The Morgan fingerprint density at radius 3 is 2.76 bits per heavy atom. The van der Waals surface area contributed by atoms with Crippen LogP contribution < -0.4 is 5.32 Å². The van der Waals surface area contributed by atoms with Crippen molar-refractivity contribution in [2.75, 3.05) is 40.3 Å². The number of nitrogens with zero attached hydrogens (tertiary/aromatic N) is 4. The summed E-state index contributed by atoms with van der Waals surface area (Å²) in [5, 5.41) is 7.69. The van der Waals surface area contributed by atoms with Gasteiger partial charge in [-0.3, -0.25) is 14.4 Å². The van der Waals surface area contributed by atoms with Gasteiger partial charge in [0, 0.05) is 52.1 Å². The third-order valence-corrected chi connectivity index (χ3v) is 4.33. The monoisotopic (exact) mass is 349 g/mol. The lowest BCUT2D eigenvalue weighted by Gasteiger charge is -2.28. The summed E-state index contributed by atoms with van der Waals surface area (Å²) in [4.78, 5) is 16.5. The van der Waals surface area contributed by atoms with Gasteiger partial charge >= 0.3 is 0 Å². The van der Waals surface area contributed by atoms with Crippen molar-refractivity contribution < 1.29 is 4.79 Å². The van der Waals surface area contributed by atoms with Crippen molar-refractivity contribution in [3.05, 3.63) is 17.5 Å². The van der Waals surface area contributed by atoms with Gasteiger partial charge in [-0.15, -0.1) is 0 Å². The molecular weight excluding hydrogens is 314 g/mol. The summed E-state index contributed by atoms with van der Waals surface area (Å²) in [6.45, 7) is 12.6. The predicted molar refractivity (Wildman–Crippen MR) is 101 cm³/mol. The lowest BCUT2D eigenvalue weighted by molar-refractivity contribution is -0.121. The van der Waals surface area contributed by atoms with Crippen LogP contribution in [0.3, 0.4) is 0 Å². The first-order valence-electron chi connectivity index (χ1n) is 9.42. The van der Waals surface area contributed by atoms with Gasteiger partial charge in [-0.25, -0.2) is 0 Å². The first kappa shape index (κ1) is 19.9. The molecule has 0 bridgehead atoms. The third kappa shape index (κ3) is 7.16. The molecule has 0 atom stereocenters. The van der Waals surface area contributed by atoms with E-state index in [-0.39, 0.29) is 5.91 Å². The third-order valence-electron chi connectivity index (χ3n) is 4.33. The molecule has 25 heavy (non-hydrogen) atoms. The second-order valence-corrected chi connectivity index (χ2v) is 8.63. The Balaban J connectivity index is 1.85. The molecule has 2 heterocycles. The molecular formula is C19H35N5O. The molecule has 0 spiro atoms. The van der Waals surface area contributed by atoms with Crippen molar-refractivity contribution >= 4 is 5.91 Å². The van der Waals surface area contributed by atoms with Gasteiger partial charge in [0.2, 0.25) is 5.91 Å². The molecule has 142 valence electrons. The van der Waals surface area contributed by atoms with Gasteiger partial charge in [-0.05, 0) is 32.0 Å². The molecule has 1 N–H and O–H groups in total. The van der Waals surface area contributed by atoms with Crippen LogP contribution in [-0.4, -0.2) is 65.8 Å². The molecule has 0 saturated carbocycles. The van der Waals surface area contributed by atoms with Crippen molar-refractivity contribution in [2.45, 2.75) is 53.1 Å². The van der Waals surface area contributed by atoms with Crippen LogP contribution in [0.5, 0.6) is 0 Å². The summed E-state index contributed by atoms with van der Waals surface area (Å²) >= 11 is 0. The molecule has 1 aromatic heterocycles. The number of amides is 1. The first-order chi connectivity index (χ1) is 11.7. The van der Waals surface area contributed by atoms with Crippen LogP contribution in [0.4, 0.5) is 0 Å². The zero-order valence-electron chi connectivity index (χ0n) is 16.6. The van der Waals surface area contributed by atoms with Crippen molar-refractivity contribution in [2.24, 2.45) is 5.41 Å². The number of carbonyl (C=O) groups is 1. The lowest BCUT2D eigenvalue weighted by atomic mass is 9.96. The number of nitrogens with one attached hydrogen (secondary N) is 1. The Hall–Kier alpha value is -1.40. The van der Waals surface area contributed by atoms with Gasteiger partial charge in [-0.1, -0.05) is 20.8 Å². The smallest absolute Gasteiger partial charge is 0.220 e. The number of rotatable bonds is 7. The molecule has 0 aromatic carbocycles. The average Bonchev–Trinajstić information content (AvgIpc) is 2.76. The number of aromatic nitrogens is 2. The zero-order chi connectivity index (χ0) is 18.4. The van der Waals surface area contributed by atoms with Gasteiger partial charge in [0.15, 0.2) is 0 Å². The molecule has 0 saturated heterocycles. The molecule has 0 unspecified atom stereocenters. The summed E-state index contributed by atoms with van der Waals surface area (Å²) in [6, 6.07) is 2.19. The van der Waals surface area contributed by atoms with E-state index in [4.69, 9.17) is 5.10 Å². The van der Waals surface area contributed by atoms with E-state index in [0.29, 0.717) is 24.8 Å². The number of fused-ring (bicyclic) bond motifs is 1. The van der Waals surface area contributed by atoms with Crippen molar-refractivity contribution in [3.63, 3.8) is 0 Å². The Bertz CT molecular complexity index is 559. The van der Waals surface area contributed by atoms with E-state index >= 15 is 0 Å². The van der Waals surface area contributed by atoms with Crippen LogP contribution in [0.15, 0.2) is 6.07 Å². The largest absolute Gasteiger partial charge is 0.355 e. The minimum Gasteiger partial charge on any atom is -0.355 e. The Morgan fingerprint density at radius 1 is 1.32 bits per heavy atom. The summed E-state index contributed by atoms with van der Waals surface area (Å²) in [6.07, 6.45) is 2.36. The molecule has 1 aliphatic rings. The van der Waals surface area contributed by atoms with Crippen LogP contribution in [0.2, 0.25) is 0 Å². The molecule has 1 aromatic rings. The summed E-state index contributed by atoms with van der Waals surface area (Å²) < 4.78 is 2.14. The highest BCUT2D eigenvalue weighted by molar-refractivity contribution is 5.76. The summed E-state index contributed by atoms with van der Waals surface area (Å²) in [5.74, 6) is 0.111. The summed E-state index contributed by atoms with van der Waals surface area (Å²) in [7, 11) is 4.01. The van der Waals surface area contributed by atoms with Gasteiger partial charge < -0.3 is 10.2 Å². The number of hydrogen-bond acceptors (Lipinski definition) is 4. The fourth-order valence-corrected chi connectivity index (χ4v) is 3.26. The Kier molecular flexibility index (Phi) is 7.02. The maximum atomic E-state index is 11.9. The van der Waals surface area contributed by atoms with Gasteiger partial charge in [-0.2, -0.15) is 5.10 Å². The van der Waals surface area contributed by atoms with E-state index in [1.54, 1.807) is 0 Å². The van der Waals surface area contributed by atoms with Crippen LogP contribution in [-0.2, 0) is 24.3 Å². The van der Waals surface area contributed by atoms with Crippen molar-refractivity contribution in [3.8, 4) is 0 Å². The number of carbonyl (C=O) groups excluding carboxylic acids is 1. The number of aryl methyl sites for hydroxylation is 2. The van der Waals surface area contributed by atoms with E-state index in [1.165, 1.54) is 5.69 Å². The van der Waals surface area contributed by atoms with Crippen LogP contribution in [0, 0.1) is 5.41 Å². The van der Waals surface area contributed by atoms with E-state index < -0.39 is 0 Å². The predicted octanol–water partition coefficient (Wildman–Crippen LogP) is 1.75. The molecule has 2 rings (SSSR count). The fourth-order valence-electron chi connectivity index (χ4n) is 3.26. The fraction of sp³-hybridized carbons (Fsp3) is 0.789. The van der Waals surface area contributed by atoms with E-state index in [0.717, 1.165) is 44.8 Å². The average molecular weight is 350 g/mol. The molecule has 1 aliphatic heterocycles. The maximum Gasteiger partial charge on any atom is 0.220 e. The van der Waals surface area contributed by atoms with E-state index in [2.05, 4.69) is 46.6 Å². The van der Waals surface area contributed by atoms with Crippen molar-refractivity contribution in [1.29, 1.82) is 0 Å². The standard InChI is InChI=1S/C19H35N5O/c1-19(2,3)15-23-10-6-11-24-17(14-23)13-16(21-24)7-8-18(25)20-9-12-22(4)5/h13H,6-12,14-15H2,1-5H3,(H,20,25). The van der Waals surface area contributed by atoms with Crippen LogP contribution >= 0.6 is 0 Å². The highest BCUT2D eigenvalue weighted by Crippen LogP contribution is 2.20. The van der Waals surface area contributed by atoms with Gasteiger partial charge in [0.05, 0.1) is 11.4 Å². The minimum absolute atomic E-state index is 0.111. The SMILES string of the molecule is CN(C)CCNC(=O)CCc1cc2n(n1)CCCN(CC(C)(C)C)C2. The summed E-state index contributed by atoms with van der Waals surface area (Å²) in [5.41, 5.74) is 2.63. The molecule has 1 amide bonds. The highest BCUT2D eigenvalue weighted by Gasteiger charge is 2.21. The number of hydrogen-bond donors (Lipinski definition) is 1. The topological polar surface area (TPSA) is 53.4 Å². The normalized spacial score (nSPS) is 15.9. The van der Waals surface area contributed by atoms with Crippen LogP contribution in [0.1, 0.15) is 45.0 Å². The molecule has 0 aliphatic carbocycles. The molecule has 6 heteroatoms.